The van der Waals surface area contributed by atoms with Gasteiger partial charge in [-0.25, -0.2) is 28.4 Å². The number of sulfone groups is 1. The summed E-state index contributed by atoms with van der Waals surface area (Å²) < 4.78 is 25.4. The van der Waals surface area contributed by atoms with Crippen molar-refractivity contribution in [3.05, 3.63) is 54.1 Å². The van der Waals surface area contributed by atoms with Gasteiger partial charge in [0.05, 0.1) is 33.9 Å². The zero-order chi connectivity index (χ0) is 25.7. The van der Waals surface area contributed by atoms with E-state index in [0.717, 1.165) is 34.2 Å². The van der Waals surface area contributed by atoms with Gasteiger partial charge in [0.1, 0.15) is 17.8 Å². The Labute approximate surface area is 215 Å². The van der Waals surface area contributed by atoms with Crippen molar-refractivity contribution in [2.45, 2.75) is 43.7 Å². The number of hydrogen-bond donors (Lipinski definition) is 3. The molecule has 37 heavy (non-hydrogen) atoms. The van der Waals surface area contributed by atoms with Gasteiger partial charge in [0, 0.05) is 31.0 Å². The number of benzene rings is 1. The van der Waals surface area contributed by atoms with E-state index in [-0.39, 0.29) is 23.8 Å². The van der Waals surface area contributed by atoms with Gasteiger partial charge in [0.25, 0.3) is 0 Å². The number of aliphatic hydroxyl groups is 1. The van der Waals surface area contributed by atoms with Crippen molar-refractivity contribution in [3.8, 4) is 11.3 Å². The molecule has 5 heterocycles. The summed E-state index contributed by atoms with van der Waals surface area (Å²) in [7, 11) is -3.25. The first-order valence-corrected chi connectivity index (χ1v) is 14.1. The number of nitrogens with zero attached hydrogens (tertiary/aromatic N) is 5. The van der Waals surface area contributed by atoms with Crippen LogP contribution >= 0.6 is 0 Å². The van der Waals surface area contributed by atoms with Gasteiger partial charge in [-0.05, 0) is 42.0 Å². The van der Waals surface area contributed by atoms with Gasteiger partial charge in [0.2, 0.25) is 5.95 Å². The zero-order valence-corrected chi connectivity index (χ0v) is 21.5. The van der Waals surface area contributed by atoms with Crippen LogP contribution in [0.4, 0.5) is 11.8 Å². The minimum absolute atomic E-state index is 0.145. The maximum absolute atomic E-state index is 12.7. The van der Waals surface area contributed by atoms with Gasteiger partial charge in [-0.2, -0.15) is 0 Å². The van der Waals surface area contributed by atoms with Gasteiger partial charge >= 0.3 is 0 Å². The molecule has 10 nitrogen and oxygen atoms in total. The first kappa shape index (κ1) is 23.8. The molecule has 0 amide bonds. The van der Waals surface area contributed by atoms with Gasteiger partial charge in [-0.1, -0.05) is 26.0 Å². The Morgan fingerprint density at radius 1 is 1.11 bits per heavy atom. The first-order chi connectivity index (χ1) is 17.8. The van der Waals surface area contributed by atoms with E-state index in [2.05, 4.69) is 44.1 Å². The molecule has 192 valence electrons. The molecule has 0 unspecified atom stereocenters. The lowest BCUT2D eigenvalue weighted by molar-refractivity contribution is 0.140. The highest BCUT2D eigenvalue weighted by Crippen LogP contribution is 2.34. The van der Waals surface area contributed by atoms with Crippen molar-refractivity contribution < 1.29 is 13.5 Å². The normalized spacial score (nSPS) is 18.0. The summed E-state index contributed by atoms with van der Waals surface area (Å²) in [5.41, 5.74) is 4.12. The molecule has 1 atom stereocenters. The number of aromatic amines is 1. The van der Waals surface area contributed by atoms with Gasteiger partial charge in [0.15, 0.2) is 9.84 Å². The third-order valence-corrected chi connectivity index (χ3v) is 9.00. The number of aliphatic hydroxyl groups excluding tert-OH is 1. The van der Waals surface area contributed by atoms with Crippen LogP contribution in [0.5, 0.6) is 0 Å². The monoisotopic (exact) mass is 519 g/mol. The van der Waals surface area contributed by atoms with Gasteiger partial charge < -0.3 is 20.3 Å². The van der Waals surface area contributed by atoms with Gasteiger partial charge in [-0.15, -0.1) is 0 Å². The van der Waals surface area contributed by atoms with Crippen LogP contribution in [0.2, 0.25) is 0 Å². The minimum atomic E-state index is -3.25. The van der Waals surface area contributed by atoms with Crippen LogP contribution in [0.25, 0.3) is 22.3 Å². The highest BCUT2D eigenvalue weighted by atomic mass is 32.2. The summed E-state index contributed by atoms with van der Waals surface area (Å²) in [5, 5.41) is 13.9. The Morgan fingerprint density at radius 3 is 2.62 bits per heavy atom. The maximum Gasteiger partial charge on any atom is 0.225 e. The lowest BCUT2D eigenvalue weighted by Gasteiger charge is -2.35. The van der Waals surface area contributed by atoms with E-state index in [1.165, 1.54) is 6.33 Å². The van der Waals surface area contributed by atoms with Crippen LogP contribution in [0.1, 0.15) is 37.4 Å². The zero-order valence-electron chi connectivity index (χ0n) is 20.7. The molecule has 3 N–H and O–H groups in total. The van der Waals surface area contributed by atoms with E-state index in [0.29, 0.717) is 41.8 Å². The van der Waals surface area contributed by atoms with Crippen LogP contribution in [-0.4, -0.2) is 63.4 Å². The molecule has 4 aromatic rings. The van der Waals surface area contributed by atoms with E-state index in [4.69, 9.17) is 0 Å². The molecule has 1 aromatic carbocycles. The lowest BCUT2D eigenvalue weighted by Crippen LogP contribution is -2.51. The second-order valence-corrected chi connectivity index (χ2v) is 12.2. The summed E-state index contributed by atoms with van der Waals surface area (Å²) in [4.78, 5) is 23.5. The SMILES string of the molecule is CC(C)[C@H](Nc1ncnc2[nH]c(-c3cnc(N4CC(O)C4)nc3)cc12)c1ccc2c(c1)S(=O)(=O)CCC2. The molecule has 0 bridgehead atoms. The minimum Gasteiger partial charge on any atom is -0.389 e. The van der Waals surface area contributed by atoms with Crippen LogP contribution in [0.15, 0.2) is 47.9 Å². The number of nitrogens with one attached hydrogen (secondary N) is 2. The molecule has 2 aliphatic heterocycles. The van der Waals surface area contributed by atoms with Crippen LogP contribution in [-0.2, 0) is 16.3 Å². The molecule has 11 heteroatoms. The molecule has 0 aliphatic carbocycles. The summed E-state index contributed by atoms with van der Waals surface area (Å²) in [6.07, 6.45) is 6.16. The van der Waals surface area contributed by atoms with Crippen molar-refractivity contribution >= 4 is 32.6 Å². The Kier molecular flexibility index (Phi) is 5.84. The number of hydrogen-bond acceptors (Lipinski definition) is 9. The van der Waals surface area contributed by atoms with Crippen molar-refractivity contribution in [1.82, 2.24) is 24.9 Å². The van der Waals surface area contributed by atoms with Crippen LogP contribution in [0.3, 0.4) is 0 Å². The third-order valence-electron chi connectivity index (χ3n) is 7.12. The lowest BCUT2D eigenvalue weighted by atomic mass is 9.94. The van der Waals surface area contributed by atoms with E-state index < -0.39 is 9.84 Å². The molecular weight excluding hydrogens is 490 g/mol. The Bertz CT molecular complexity index is 1560. The van der Waals surface area contributed by atoms with Crippen molar-refractivity contribution in [2.75, 3.05) is 29.1 Å². The quantitative estimate of drug-likeness (QED) is 0.351. The number of β-amino-alcohol motifs (C(OH)–C–C–N with tert-alkyl or cyclic N) is 1. The molecule has 1 saturated heterocycles. The van der Waals surface area contributed by atoms with Crippen LogP contribution < -0.4 is 10.2 Å². The summed E-state index contributed by atoms with van der Waals surface area (Å²) in [6.45, 7) is 5.29. The highest BCUT2D eigenvalue weighted by molar-refractivity contribution is 7.91. The fraction of sp³-hybridized carbons (Fsp3) is 0.385. The van der Waals surface area contributed by atoms with Crippen LogP contribution in [0, 0.1) is 5.92 Å². The van der Waals surface area contributed by atoms with Crippen molar-refractivity contribution in [3.63, 3.8) is 0 Å². The van der Waals surface area contributed by atoms with Gasteiger partial charge in [-0.3, -0.25) is 0 Å². The average Bonchev–Trinajstić information content (AvgIpc) is 3.30. The molecule has 2 aliphatic rings. The fourth-order valence-electron chi connectivity index (χ4n) is 5.06. The maximum atomic E-state index is 12.7. The molecule has 0 saturated carbocycles. The van der Waals surface area contributed by atoms with E-state index in [9.17, 15) is 13.5 Å². The van der Waals surface area contributed by atoms with E-state index in [1.54, 1.807) is 12.4 Å². The molecule has 3 aromatic heterocycles. The number of aromatic nitrogens is 5. The summed E-state index contributed by atoms with van der Waals surface area (Å²) >= 11 is 0. The molecule has 1 fully saturated rings. The van der Waals surface area contributed by atoms with E-state index >= 15 is 0 Å². The Balaban J connectivity index is 1.31. The molecule has 0 spiro atoms. The predicted molar refractivity (Wildman–Crippen MR) is 141 cm³/mol. The number of rotatable bonds is 6. The standard InChI is InChI=1S/C26H29N7O3S/c1-15(2)23(17-6-5-16-4-3-7-37(35,36)22(16)8-17)32-25-20-9-21(31-24(20)29-14-30-25)18-10-27-26(28-11-18)33-12-19(34)13-33/h5-6,8-11,14-15,19,23,34H,3-4,7,12-13H2,1-2H3,(H2,29,30,31,32)/t23-/m0/s1. The summed E-state index contributed by atoms with van der Waals surface area (Å²) in [6, 6.07) is 7.63. The smallest absolute Gasteiger partial charge is 0.225 e. The fourth-order valence-corrected chi connectivity index (χ4v) is 6.69. The number of H-pyrrole nitrogens is 1. The van der Waals surface area contributed by atoms with Crippen molar-refractivity contribution in [2.24, 2.45) is 5.92 Å². The molecule has 6 rings (SSSR count). The predicted octanol–water partition coefficient (Wildman–Crippen LogP) is 3.12. The van der Waals surface area contributed by atoms with Crippen molar-refractivity contribution in [1.29, 1.82) is 0 Å². The second kappa shape index (κ2) is 9.07. The molecule has 0 radical (unpaired) electrons. The third kappa shape index (κ3) is 4.42. The number of fused-ring (bicyclic) bond motifs is 2. The Morgan fingerprint density at radius 2 is 1.89 bits per heavy atom. The largest absolute Gasteiger partial charge is 0.389 e. The second-order valence-electron chi connectivity index (χ2n) is 10.2. The average molecular weight is 520 g/mol. The van der Waals surface area contributed by atoms with E-state index in [1.807, 2.05) is 29.2 Å². The topological polar surface area (TPSA) is 137 Å². The Hall–Kier alpha value is -3.57. The number of aryl methyl sites for hydroxylation is 1. The number of anilines is 2. The summed E-state index contributed by atoms with van der Waals surface area (Å²) in [5.74, 6) is 1.64. The molecular formula is C26H29N7O3S. The first-order valence-electron chi connectivity index (χ1n) is 12.5. The highest BCUT2D eigenvalue weighted by Gasteiger charge is 2.28.